The van der Waals surface area contributed by atoms with Crippen LogP contribution in [0.5, 0.6) is 0 Å². The molecular weight excluding hydrogens is 440 g/mol. The highest BCUT2D eigenvalue weighted by molar-refractivity contribution is 7.12. The summed E-state index contributed by atoms with van der Waals surface area (Å²) < 4.78 is 0. The maximum Gasteiger partial charge on any atom is 0.0273 e. The van der Waals surface area contributed by atoms with Crippen molar-refractivity contribution in [2.45, 2.75) is 13.8 Å². The number of thiophene rings is 1. The molecule has 0 saturated heterocycles. The zero-order valence-corrected chi connectivity index (χ0v) is 20.8. The van der Waals surface area contributed by atoms with Gasteiger partial charge < -0.3 is 0 Å². The highest BCUT2D eigenvalue weighted by atomic mass is 32.1. The van der Waals surface area contributed by atoms with Gasteiger partial charge in [-0.05, 0) is 93.0 Å². The minimum absolute atomic E-state index is 1.24. The van der Waals surface area contributed by atoms with Gasteiger partial charge in [0, 0.05) is 9.75 Å². The van der Waals surface area contributed by atoms with E-state index in [0.29, 0.717) is 0 Å². The molecule has 0 nitrogen and oxygen atoms in total. The molecule has 0 saturated carbocycles. The third kappa shape index (κ3) is 4.09. The van der Waals surface area contributed by atoms with E-state index in [1.807, 2.05) is 11.3 Å². The zero-order chi connectivity index (χ0) is 23.8. The average Bonchev–Trinajstić information content (AvgIpc) is 3.32. The lowest BCUT2D eigenvalue weighted by atomic mass is 9.88. The van der Waals surface area contributed by atoms with E-state index in [1.54, 1.807) is 0 Å². The predicted molar refractivity (Wildman–Crippen MR) is 155 cm³/mol. The average molecular weight is 467 g/mol. The molecule has 6 aromatic rings. The molecule has 0 atom stereocenters. The van der Waals surface area contributed by atoms with Crippen molar-refractivity contribution in [3.05, 3.63) is 130 Å². The normalized spacial score (nSPS) is 11.6. The minimum atomic E-state index is 1.24. The Kier molecular flexibility index (Phi) is 5.56. The van der Waals surface area contributed by atoms with Gasteiger partial charge in [-0.25, -0.2) is 0 Å². The number of aryl methyl sites for hydroxylation is 2. The quantitative estimate of drug-likeness (QED) is 0.242. The molecule has 35 heavy (non-hydrogen) atoms. The van der Waals surface area contributed by atoms with Gasteiger partial charge in [0.2, 0.25) is 0 Å². The summed E-state index contributed by atoms with van der Waals surface area (Å²) in [6.45, 7) is 4.40. The van der Waals surface area contributed by atoms with Crippen LogP contribution in [0.15, 0.2) is 109 Å². The standard InChI is InChI=1S/C34H26S/c1-23-21-34(32-16-8-12-26-10-4-6-14-30(26)32)27(18-20-28-19-17-24(2)35-28)22-33(23)31-15-7-11-25-9-3-5-13-29(25)31/h3-22H,1-2H3. The Balaban J connectivity index is 1.60. The number of rotatable bonds is 4. The summed E-state index contributed by atoms with van der Waals surface area (Å²) in [7, 11) is 0. The van der Waals surface area contributed by atoms with Gasteiger partial charge in [0.1, 0.15) is 0 Å². The number of hydrogen-bond donors (Lipinski definition) is 0. The first kappa shape index (κ1) is 21.6. The molecule has 6 rings (SSSR count). The summed E-state index contributed by atoms with van der Waals surface area (Å²) >= 11 is 1.83. The van der Waals surface area contributed by atoms with E-state index >= 15 is 0 Å². The Morgan fingerprint density at radius 1 is 0.514 bits per heavy atom. The lowest BCUT2D eigenvalue weighted by molar-refractivity contribution is 1.45. The van der Waals surface area contributed by atoms with Gasteiger partial charge in [-0.3, -0.25) is 0 Å². The van der Waals surface area contributed by atoms with Crippen molar-refractivity contribution in [3.8, 4) is 22.3 Å². The van der Waals surface area contributed by atoms with Gasteiger partial charge in [-0.2, -0.15) is 0 Å². The molecule has 0 aliphatic heterocycles. The van der Waals surface area contributed by atoms with E-state index in [0.717, 1.165) is 0 Å². The van der Waals surface area contributed by atoms with Crippen LogP contribution in [0.2, 0.25) is 0 Å². The molecule has 0 amide bonds. The molecule has 0 bridgehead atoms. The summed E-state index contributed by atoms with van der Waals surface area (Å²) in [5, 5.41) is 5.12. The van der Waals surface area contributed by atoms with Crippen molar-refractivity contribution >= 4 is 45.0 Å². The lowest BCUT2D eigenvalue weighted by Crippen LogP contribution is -1.92. The van der Waals surface area contributed by atoms with E-state index < -0.39 is 0 Å². The van der Waals surface area contributed by atoms with E-state index in [4.69, 9.17) is 0 Å². The van der Waals surface area contributed by atoms with Gasteiger partial charge in [-0.15, -0.1) is 11.3 Å². The summed E-state index contributed by atoms with van der Waals surface area (Å²) in [4.78, 5) is 2.61. The van der Waals surface area contributed by atoms with Crippen molar-refractivity contribution in [2.75, 3.05) is 0 Å². The second-order valence-corrected chi connectivity index (χ2v) is 10.4. The molecule has 0 unspecified atom stereocenters. The summed E-state index contributed by atoms with van der Waals surface area (Å²) in [6, 6.07) is 39.7. The van der Waals surface area contributed by atoms with Crippen molar-refractivity contribution in [3.63, 3.8) is 0 Å². The van der Waals surface area contributed by atoms with Gasteiger partial charge in [0.05, 0.1) is 0 Å². The second kappa shape index (κ2) is 9.02. The zero-order valence-electron chi connectivity index (χ0n) is 20.0. The molecule has 168 valence electrons. The Hall–Kier alpha value is -3.94. The molecule has 1 heterocycles. The van der Waals surface area contributed by atoms with Gasteiger partial charge in [-0.1, -0.05) is 97.1 Å². The second-order valence-electron chi connectivity index (χ2n) is 9.09. The molecular formula is C34H26S. The number of benzene rings is 5. The maximum atomic E-state index is 2.38. The van der Waals surface area contributed by atoms with Crippen LogP contribution in [0.1, 0.15) is 20.9 Å². The molecule has 0 aliphatic carbocycles. The molecule has 1 heteroatoms. The third-order valence-electron chi connectivity index (χ3n) is 6.74. The predicted octanol–water partition coefficient (Wildman–Crippen LogP) is 10.2. The number of hydrogen-bond acceptors (Lipinski definition) is 1. The smallest absolute Gasteiger partial charge is 0.0273 e. The first-order valence-electron chi connectivity index (χ1n) is 12.0. The Labute approximate surface area is 210 Å². The highest BCUT2D eigenvalue weighted by Gasteiger charge is 2.13. The topological polar surface area (TPSA) is 0 Å². The van der Waals surface area contributed by atoms with E-state index in [2.05, 4.69) is 135 Å². The molecule has 0 N–H and O–H groups in total. The first-order valence-corrected chi connectivity index (χ1v) is 12.8. The van der Waals surface area contributed by atoms with Crippen molar-refractivity contribution < 1.29 is 0 Å². The Morgan fingerprint density at radius 3 is 1.74 bits per heavy atom. The van der Waals surface area contributed by atoms with Crippen molar-refractivity contribution in [2.24, 2.45) is 0 Å². The van der Waals surface area contributed by atoms with E-state index in [1.165, 1.54) is 64.7 Å². The molecule has 0 radical (unpaired) electrons. The fourth-order valence-electron chi connectivity index (χ4n) is 5.02. The number of fused-ring (bicyclic) bond motifs is 2. The van der Waals surface area contributed by atoms with Crippen LogP contribution in [0.25, 0.3) is 56.0 Å². The van der Waals surface area contributed by atoms with Crippen LogP contribution < -0.4 is 0 Å². The molecule has 5 aromatic carbocycles. The fourth-order valence-corrected chi connectivity index (χ4v) is 5.80. The van der Waals surface area contributed by atoms with Crippen LogP contribution in [-0.2, 0) is 0 Å². The third-order valence-corrected chi connectivity index (χ3v) is 7.71. The van der Waals surface area contributed by atoms with E-state index in [-0.39, 0.29) is 0 Å². The molecule has 0 spiro atoms. The summed E-state index contributed by atoms with van der Waals surface area (Å²) in [5.41, 5.74) is 7.64. The van der Waals surface area contributed by atoms with Gasteiger partial charge >= 0.3 is 0 Å². The van der Waals surface area contributed by atoms with Gasteiger partial charge in [0.25, 0.3) is 0 Å². The summed E-state index contributed by atoms with van der Waals surface area (Å²) in [6.07, 6.45) is 4.54. The Bertz CT molecular complexity index is 1700. The Morgan fingerprint density at radius 2 is 1.11 bits per heavy atom. The van der Waals surface area contributed by atoms with Crippen molar-refractivity contribution in [1.29, 1.82) is 0 Å². The monoisotopic (exact) mass is 466 g/mol. The fraction of sp³-hybridized carbons (Fsp3) is 0.0588. The highest BCUT2D eigenvalue weighted by Crippen LogP contribution is 2.38. The largest absolute Gasteiger partial charge is 0.141 e. The van der Waals surface area contributed by atoms with Crippen LogP contribution in [0.3, 0.4) is 0 Å². The SMILES string of the molecule is Cc1ccc(C=Cc2cc(-c3cccc4ccccc34)c(C)cc2-c2cccc3ccccc23)s1. The molecule has 1 aromatic heterocycles. The first-order chi connectivity index (χ1) is 17.2. The minimum Gasteiger partial charge on any atom is -0.141 e. The molecule has 0 fully saturated rings. The summed E-state index contributed by atoms with van der Waals surface area (Å²) in [5.74, 6) is 0. The lowest BCUT2D eigenvalue weighted by Gasteiger charge is -2.16. The molecule has 0 aliphatic rings. The van der Waals surface area contributed by atoms with Crippen LogP contribution >= 0.6 is 11.3 Å². The van der Waals surface area contributed by atoms with E-state index in [9.17, 15) is 0 Å². The van der Waals surface area contributed by atoms with Crippen LogP contribution in [0.4, 0.5) is 0 Å². The maximum absolute atomic E-state index is 2.38. The van der Waals surface area contributed by atoms with Crippen molar-refractivity contribution in [1.82, 2.24) is 0 Å². The van der Waals surface area contributed by atoms with Crippen LogP contribution in [-0.4, -0.2) is 0 Å². The van der Waals surface area contributed by atoms with Crippen LogP contribution in [0, 0.1) is 13.8 Å². The van der Waals surface area contributed by atoms with Gasteiger partial charge in [0.15, 0.2) is 0 Å².